The summed E-state index contributed by atoms with van der Waals surface area (Å²) in [4.78, 5) is 18.7. The molecule has 96 valence electrons. The van der Waals surface area contributed by atoms with Gasteiger partial charge in [0.25, 0.3) is 0 Å². The number of carboxylic acid groups (broad SMARTS) is 1. The van der Waals surface area contributed by atoms with Gasteiger partial charge in [-0.15, -0.1) is 0 Å². The van der Waals surface area contributed by atoms with Crippen LogP contribution >= 0.6 is 11.5 Å². The SMILES string of the molecule is CCc1nsc(NCCn2cnc(C(=O)O)c2)n1. The Morgan fingerprint density at radius 3 is 3.06 bits per heavy atom. The first-order valence-electron chi connectivity index (χ1n) is 5.50. The van der Waals surface area contributed by atoms with Gasteiger partial charge >= 0.3 is 5.97 Å². The maximum atomic E-state index is 10.6. The van der Waals surface area contributed by atoms with E-state index in [4.69, 9.17) is 5.11 Å². The van der Waals surface area contributed by atoms with Crippen molar-refractivity contribution in [3.63, 3.8) is 0 Å². The minimum atomic E-state index is -1.02. The molecule has 0 saturated heterocycles. The zero-order valence-electron chi connectivity index (χ0n) is 9.83. The van der Waals surface area contributed by atoms with E-state index >= 15 is 0 Å². The third-order valence-electron chi connectivity index (χ3n) is 2.28. The van der Waals surface area contributed by atoms with Crippen LogP contribution in [-0.2, 0) is 13.0 Å². The third kappa shape index (κ3) is 3.04. The standard InChI is InChI=1S/C10H13N5O2S/c1-2-8-13-10(18-14-8)11-3-4-15-5-7(9(16)17)12-6-15/h5-6H,2-4H2,1H3,(H,16,17)(H,11,13,14). The van der Waals surface area contributed by atoms with E-state index < -0.39 is 5.97 Å². The van der Waals surface area contributed by atoms with Gasteiger partial charge in [-0.1, -0.05) is 6.92 Å². The molecule has 0 bridgehead atoms. The topological polar surface area (TPSA) is 92.9 Å². The molecule has 0 fully saturated rings. The Balaban J connectivity index is 1.82. The van der Waals surface area contributed by atoms with E-state index in [-0.39, 0.29) is 5.69 Å². The Morgan fingerprint density at radius 2 is 2.44 bits per heavy atom. The fourth-order valence-corrected chi connectivity index (χ4v) is 2.03. The van der Waals surface area contributed by atoms with E-state index in [0.29, 0.717) is 13.1 Å². The lowest BCUT2D eigenvalue weighted by molar-refractivity contribution is 0.0691. The van der Waals surface area contributed by atoms with Gasteiger partial charge in [-0.05, 0) is 0 Å². The van der Waals surface area contributed by atoms with Crippen LogP contribution in [0.3, 0.4) is 0 Å². The number of aromatic nitrogens is 4. The molecule has 2 heterocycles. The summed E-state index contributed by atoms with van der Waals surface area (Å²) in [5.74, 6) is -0.184. The van der Waals surface area contributed by atoms with Gasteiger partial charge in [0.1, 0.15) is 5.82 Å². The molecule has 7 nitrogen and oxygen atoms in total. The summed E-state index contributed by atoms with van der Waals surface area (Å²) < 4.78 is 5.88. The predicted octanol–water partition coefficient (Wildman–Crippen LogP) is 1.11. The highest BCUT2D eigenvalue weighted by Crippen LogP contribution is 2.10. The normalized spacial score (nSPS) is 10.5. The van der Waals surface area contributed by atoms with E-state index in [9.17, 15) is 4.79 Å². The maximum absolute atomic E-state index is 10.6. The summed E-state index contributed by atoms with van der Waals surface area (Å²) in [5.41, 5.74) is 0.0548. The molecule has 0 amide bonds. The second kappa shape index (κ2) is 5.58. The van der Waals surface area contributed by atoms with Crippen molar-refractivity contribution in [2.24, 2.45) is 0 Å². The van der Waals surface area contributed by atoms with Crippen molar-refractivity contribution in [3.05, 3.63) is 24.0 Å². The molecule has 2 N–H and O–H groups in total. The second-order valence-corrected chi connectivity index (χ2v) is 4.35. The highest BCUT2D eigenvalue weighted by Gasteiger charge is 2.06. The Kier molecular flexibility index (Phi) is 3.88. The molecule has 0 unspecified atom stereocenters. The van der Waals surface area contributed by atoms with Crippen LogP contribution in [0.25, 0.3) is 0 Å². The molecule has 0 saturated carbocycles. The van der Waals surface area contributed by atoms with E-state index in [1.807, 2.05) is 6.92 Å². The van der Waals surface area contributed by atoms with Crippen molar-refractivity contribution in [2.45, 2.75) is 19.9 Å². The van der Waals surface area contributed by atoms with Gasteiger partial charge in [-0.3, -0.25) is 0 Å². The molecule has 0 aliphatic carbocycles. The van der Waals surface area contributed by atoms with Gasteiger partial charge < -0.3 is 15.0 Å². The molecular formula is C10H13N5O2S. The van der Waals surface area contributed by atoms with Crippen LogP contribution in [0.15, 0.2) is 12.5 Å². The van der Waals surface area contributed by atoms with E-state index in [1.54, 1.807) is 4.57 Å². The second-order valence-electron chi connectivity index (χ2n) is 3.60. The van der Waals surface area contributed by atoms with Crippen LogP contribution in [0.5, 0.6) is 0 Å². The number of rotatable bonds is 6. The smallest absolute Gasteiger partial charge is 0.356 e. The van der Waals surface area contributed by atoms with Gasteiger partial charge in [-0.2, -0.15) is 4.37 Å². The molecule has 0 aliphatic rings. The van der Waals surface area contributed by atoms with Crippen molar-refractivity contribution >= 4 is 22.6 Å². The molecule has 0 aromatic carbocycles. The minimum absolute atomic E-state index is 0.0548. The van der Waals surface area contributed by atoms with Gasteiger partial charge in [0, 0.05) is 37.2 Å². The van der Waals surface area contributed by atoms with Gasteiger partial charge in [0.15, 0.2) is 5.69 Å². The van der Waals surface area contributed by atoms with Crippen molar-refractivity contribution in [3.8, 4) is 0 Å². The number of nitrogens with zero attached hydrogens (tertiary/aromatic N) is 4. The van der Waals surface area contributed by atoms with Crippen LogP contribution < -0.4 is 5.32 Å². The molecule has 18 heavy (non-hydrogen) atoms. The average molecular weight is 267 g/mol. The van der Waals surface area contributed by atoms with Crippen LogP contribution in [0, 0.1) is 0 Å². The molecule has 2 rings (SSSR count). The van der Waals surface area contributed by atoms with E-state index in [1.165, 1.54) is 24.1 Å². The molecule has 0 atom stereocenters. The third-order valence-corrected chi connectivity index (χ3v) is 2.99. The molecule has 0 radical (unpaired) electrons. The van der Waals surface area contributed by atoms with Crippen molar-refractivity contribution in [1.82, 2.24) is 18.9 Å². The molecule has 0 aliphatic heterocycles. The van der Waals surface area contributed by atoms with Crippen LogP contribution in [0.4, 0.5) is 5.13 Å². The van der Waals surface area contributed by atoms with E-state index in [2.05, 4.69) is 19.7 Å². The largest absolute Gasteiger partial charge is 0.476 e. The van der Waals surface area contributed by atoms with Gasteiger partial charge in [0.2, 0.25) is 5.13 Å². The summed E-state index contributed by atoms with van der Waals surface area (Å²) >= 11 is 1.33. The summed E-state index contributed by atoms with van der Waals surface area (Å²) in [6.45, 7) is 3.28. The Hall–Kier alpha value is -1.96. The molecule has 2 aromatic rings. The number of imidazole rings is 1. The quantitative estimate of drug-likeness (QED) is 0.814. The summed E-state index contributed by atoms with van der Waals surface area (Å²) in [5, 5.41) is 12.6. The maximum Gasteiger partial charge on any atom is 0.356 e. The first kappa shape index (κ1) is 12.5. The fourth-order valence-electron chi connectivity index (χ4n) is 1.35. The number of anilines is 1. The number of aromatic carboxylic acids is 1. The number of aryl methyl sites for hydroxylation is 1. The lowest BCUT2D eigenvalue weighted by Crippen LogP contribution is -2.09. The minimum Gasteiger partial charge on any atom is -0.476 e. The molecule has 8 heteroatoms. The van der Waals surface area contributed by atoms with Crippen molar-refractivity contribution < 1.29 is 9.90 Å². The first-order chi connectivity index (χ1) is 8.69. The number of carbonyl (C=O) groups is 1. The molecule has 0 spiro atoms. The summed E-state index contributed by atoms with van der Waals surface area (Å²) in [7, 11) is 0. The zero-order chi connectivity index (χ0) is 13.0. The van der Waals surface area contributed by atoms with Crippen LogP contribution in [-0.4, -0.2) is 36.5 Å². The van der Waals surface area contributed by atoms with Crippen molar-refractivity contribution in [1.29, 1.82) is 0 Å². The first-order valence-corrected chi connectivity index (χ1v) is 6.28. The monoisotopic (exact) mass is 267 g/mol. The van der Waals surface area contributed by atoms with Crippen LogP contribution in [0.1, 0.15) is 23.2 Å². The summed E-state index contributed by atoms with van der Waals surface area (Å²) in [6.07, 6.45) is 3.83. The number of carboxylic acids is 1. The van der Waals surface area contributed by atoms with Crippen LogP contribution in [0.2, 0.25) is 0 Å². The molecule has 2 aromatic heterocycles. The molecular weight excluding hydrogens is 254 g/mol. The van der Waals surface area contributed by atoms with Gasteiger partial charge in [-0.25, -0.2) is 14.8 Å². The predicted molar refractivity (Wildman–Crippen MR) is 67.0 cm³/mol. The lowest BCUT2D eigenvalue weighted by Gasteiger charge is -2.02. The number of hydrogen-bond acceptors (Lipinski definition) is 6. The van der Waals surface area contributed by atoms with Crippen molar-refractivity contribution in [2.75, 3.05) is 11.9 Å². The fraction of sp³-hybridized carbons (Fsp3) is 0.400. The lowest BCUT2D eigenvalue weighted by atomic mass is 10.5. The van der Waals surface area contributed by atoms with E-state index in [0.717, 1.165) is 17.4 Å². The highest BCUT2D eigenvalue weighted by molar-refractivity contribution is 7.09. The Morgan fingerprint density at radius 1 is 1.61 bits per heavy atom. The summed E-state index contributed by atoms with van der Waals surface area (Å²) in [6, 6.07) is 0. The zero-order valence-corrected chi connectivity index (χ0v) is 10.6. The average Bonchev–Trinajstić information content (AvgIpc) is 2.97. The Bertz CT molecular complexity index is 536. The Labute approximate surface area is 108 Å². The highest BCUT2D eigenvalue weighted by atomic mass is 32.1. The number of nitrogens with one attached hydrogen (secondary N) is 1. The van der Waals surface area contributed by atoms with Gasteiger partial charge in [0.05, 0.1) is 6.33 Å². The number of hydrogen-bond donors (Lipinski definition) is 2.